The van der Waals surface area contributed by atoms with Gasteiger partial charge >= 0.3 is 0 Å². The Morgan fingerprint density at radius 3 is 2.38 bits per heavy atom. The maximum absolute atomic E-state index is 14.1. The molecular weight excluding hydrogens is 439 g/mol. The predicted molar refractivity (Wildman–Crippen MR) is 110 cm³/mol. The molecule has 4 atom stereocenters. The van der Waals surface area contributed by atoms with Crippen LogP contribution < -0.4 is 4.74 Å². The molecule has 29 heavy (non-hydrogen) atoms. The topological polar surface area (TPSA) is 55.8 Å². The lowest BCUT2D eigenvalue weighted by atomic mass is 9.80. The molecule has 1 aliphatic carbocycles. The number of ether oxygens (including phenoxy) is 2. The van der Waals surface area contributed by atoms with E-state index in [9.17, 15) is 14.3 Å². The molecule has 2 aliphatic heterocycles. The molecule has 4 nitrogen and oxygen atoms in total. The number of benzene rings is 2. The summed E-state index contributed by atoms with van der Waals surface area (Å²) in [6, 6.07) is 8.16. The summed E-state index contributed by atoms with van der Waals surface area (Å²) in [6.07, 6.45) is 1.62. The van der Waals surface area contributed by atoms with Crippen LogP contribution in [0.5, 0.6) is 11.5 Å². The van der Waals surface area contributed by atoms with Crippen LogP contribution in [0.25, 0.3) is 5.57 Å². The minimum absolute atomic E-state index is 0.0291. The molecule has 1 N–H and O–H groups in total. The van der Waals surface area contributed by atoms with E-state index in [2.05, 4.69) is 15.9 Å². The molecule has 6 heteroatoms. The number of aliphatic hydroxyl groups is 1. The number of rotatable bonds is 3. The number of aryl methyl sites for hydroxylation is 2. The van der Waals surface area contributed by atoms with Crippen LogP contribution in [0.1, 0.15) is 29.5 Å². The van der Waals surface area contributed by atoms with Gasteiger partial charge in [0.05, 0.1) is 29.6 Å². The van der Waals surface area contributed by atoms with Crippen molar-refractivity contribution in [3.05, 3.63) is 63.1 Å². The Balaban J connectivity index is 1.51. The fourth-order valence-corrected chi connectivity index (χ4v) is 5.46. The Labute approximate surface area is 176 Å². The van der Waals surface area contributed by atoms with Crippen molar-refractivity contribution in [1.82, 2.24) is 0 Å². The number of hydrogen-bond donors (Lipinski definition) is 1. The molecule has 150 valence electrons. The number of Topliss-reactive ketones (excluding diaryl/α,β-unsaturated/α-hetero) is 1. The largest absolute Gasteiger partial charge is 0.511 e. The molecule has 0 amide bonds. The van der Waals surface area contributed by atoms with Crippen LogP contribution in [0.15, 0.2) is 40.6 Å². The van der Waals surface area contributed by atoms with Crippen LogP contribution in [-0.2, 0) is 9.53 Å². The van der Waals surface area contributed by atoms with Crippen molar-refractivity contribution in [3.8, 4) is 11.5 Å². The van der Waals surface area contributed by atoms with E-state index in [1.165, 1.54) is 6.07 Å². The van der Waals surface area contributed by atoms with Crippen molar-refractivity contribution in [3.63, 3.8) is 0 Å². The second-order valence-corrected chi connectivity index (χ2v) is 8.99. The van der Waals surface area contributed by atoms with Gasteiger partial charge in [-0.25, -0.2) is 4.39 Å². The number of allylic oxidation sites excluding steroid dienone is 1. The molecule has 2 aromatic carbocycles. The summed E-state index contributed by atoms with van der Waals surface area (Å²) in [7, 11) is 0. The second-order valence-electron chi connectivity index (χ2n) is 8.08. The maximum Gasteiger partial charge on any atom is 0.173 e. The molecule has 2 heterocycles. The maximum atomic E-state index is 14.1. The summed E-state index contributed by atoms with van der Waals surface area (Å²) >= 11 is 3.23. The lowest BCUT2D eigenvalue weighted by Crippen LogP contribution is -2.29. The Morgan fingerprint density at radius 1 is 1.10 bits per heavy atom. The van der Waals surface area contributed by atoms with E-state index in [0.717, 1.165) is 29.5 Å². The second kappa shape index (κ2) is 6.67. The van der Waals surface area contributed by atoms with Gasteiger partial charge in [0.1, 0.15) is 11.5 Å². The Hall–Kier alpha value is -2.18. The number of carbonyl (C=O) groups excluding carboxylic acids is 1. The van der Waals surface area contributed by atoms with Crippen LogP contribution in [0.3, 0.4) is 0 Å². The zero-order valence-electron chi connectivity index (χ0n) is 16.0. The van der Waals surface area contributed by atoms with Crippen molar-refractivity contribution >= 4 is 27.3 Å². The molecule has 5 rings (SSSR count). The Bertz CT molecular complexity index is 1050. The summed E-state index contributed by atoms with van der Waals surface area (Å²) < 4.78 is 26.4. The van der Waals surface area contributed by atoms with Crippen LogP contribution in [0.2, 0.25) is 0 Å². The van der Waals surface area contributed by atoms with Gasteiger partial charge in [0.25, 0.3) is 0 Å². The molecule has 2 aromatic rings. The van der Waals surface area contributed by atoms with E-state index in [-0.39, 0.29) is 41.3 Å². The molecule has 0 radical (unpaired) electrons. The summed E-state index contributed by atoms with van der Waals surface area (Å²) in [6.45, 7) is 3.75. The lowest BCUT2D eigenvalue weighted by Gasteiger charge is -2.19. The molecule has 2 saturated heterocycles. The van der Waals surface area contributed by atoms with Crippen molar-refractivity contribution < 1.29 is 23.8 Å². The average Bonchev–Trinajstić information content (AvgIpc) is 3.33. The van der Waals surface area contributed by atoms with Gasteiger partial charge in [0.15, 0.2) is 17.3 Å². The number of carbonyl (C=O) groups is 1. The van der Waals surface area contributed by atoms with E-state index in [0.29, 0.717) is 15.8 Å². The van der Waals surface area contributed by atoms with Crippen molar-refractivity contribution in [2.75, 3.05) is 0 Å². The molecule has 2 fully saturated rings. The van der Waals surface area contributed by atoms with Gasteiger partial charge in [-0.1, -0.05) is 15.9 Å². The molecule has 2 bridgehead atoms. The minimum Gasteiger partial charge on any atom is -0.511 e. The number of fused-ring (bicyclic) bond motifs is 5. The highest BCUT2D eigenvalue weighted by Gasteiger charge is 2.59. The van der Waals surface area contributed by atoms with Crippen LogP contribution in [0, 0.1) is 31.5 Å². The highest BCUT2D eigenvalue weighted by Crippen LogP contribution is 2.54. The summed E-state index contributed by atoms with van der Waals surface area (Å²) in [4.78, 5) is 13.2. The summed E-state index contributed by atoms with van der Waals surface area (Å²) in [5.41, 5.74) is 2.77. The van der Waals surface area contributed by atoms with Gasteiger partial charge in [0, 0.05) is 4.47 Å². The van der Waals surface area contributed by atoms with Gasteiger partial charge in [-0.2, -0.15) is 0 Å². The van der Waals surface area contributed by atoms with Crippen LogP contribution in [0.4, 0.5) is 4.39 Å². The SMILES string of the molecule is Cc1cc(Oc2ccc(Br)cc2F)cc(C)c1C1=C(O)[C@H]2[C@@H](C1=O)[C@@H]1CC[C@H]2O1. The van der Waals surface area contributed by atoms with Gasteiger partial charge in [-0.3, -0.25) is 4.79 Å². The number of hydrogen-bond acceptors (Lipinski definition) is 4. The van der Waals surface area contributed by atoms with Gasteiger partial charge < -0.3 is 14.6 Å². The van der Waals surface area contributed by atoms with E-state index >= 15 is 0 Å². The standard InChI is InChI=1S/C23H20BrFO4/c1-10-7-13(28-15-4-3-12(24)9-14(15)25)8-11(2)18(10)21-22(26)19-16-5-6-17(29-16)20(19)23(21)27/h3-4,7-9,16-17,19-20,26H,5-6H2,1-2H3/t16-,17+,19-,20+/m1/s1. The number of aliphatic hydroxyl groups excluding tert-OH is 1. The molecule has 0 saturated carbocycles. The van der Waals surface area contributed by atoms with Crippen LogP contribution >= 0.6 is 15.9 Å². The monoisotopic (exact) mass is 458 g/mol. The molecule has 0 spiro atoms. The third-order valence-electron chi connectivity index (χ3n) is 6.27. The zero-order chi connectivity index (χ0) is 20.4. The van der Waals surface area contributed by atoms with Crippen LogP contribution in [-0.4, -0.2) is 23.1 Å². The first-order chi connectivity index (χ1) is 13.8. The zero-order valence-corrected chi connectivity index (χ0v) is 17.6. The van der Waals surface area contributed by atoms with Crippen molar-refractivity contribution in [2.45, 2.75) is 38.9 Å². The Kier molecular flexibility index (Phi) is 4.33. The fourth-order valence-electron chi connectivity index (χ4n) is 5.13. The quantitative estimate of drug-likeness (QED) is 0.646. The van der Waals surface area contributed by atoms with Gasteiger partial charge in [-0.05, 0) is 73.7 Å². The van der Waals surface area contributed by atoms with E-state index in [4.69, 9.17) is 9.47 Å². The minimum atomic E-state index is -0.464. The third kappa shape index (κ3) is 2.84. The third-order valence-corrected chi connectivity index (χ3v) is 6.77. The predicted octanol–water partition coefficient (Wildman–Crippen LogP) is 5.64. The molecular formula is C23H20BrFO4. The number of ketones is 1. The lowest BCUT2D eigenvalue weighted by molar-refractivity contribution is -0.118. The van der Waals surface area contributed by atoms with Crippen molar-refractivity contribution in [1.29, 1.82) is 0 Å². The highest BCUT2D eigenvalue weighted by molar-refractivity contribution is 9.10. The molecule has 3 aliphatic rings. The first-order valence-corrected chi connectivity index (χ1v) is 10.5. The fraction of sp³-hybridized carbons (Fsp3) is 0.348. The normalized spacial score (nSPS) is 27.7. The first kappa shape index (κ1) is 18.8. The van der Waals surface area contributed by atoms with Gasteiger partial charge in [-0.15, -0.1) is 0 Å². The number of halogens is 2. The van der Waals surface area contributed by atoms with E-state index < -0.39 is 5.82 Å². The molecule has 0 aromatic heterocycles. The smallest absolute Gasteiger partial charge is 0.173 e. The van der Waals surface area contributed by atoms with E-state index in [1.54, 1.807) is 24.3 Å². The summed E-state index contributed by atoms with van der Waals surface area (Å²) in [5, 5.41) is 10.9. The van der Waals surface area contributed by atoms with Gasteiger partial charge in [0.2, 0.25) is 0 Å². The highest BCUT2D eigenvalue weighted by atomic mass is 79.9. The first-order valence-electron chi connectivity index (χ1n) is 9.72. The summed E-state index contributed by atoms with van der Waals surface area (Å²) in [5.74, 6) is -0.211. The molecule has 0 unspecified atom stereocenters. The average molecular weight is 459 g/mol. The van der Waals surface area contributed by atoms with Crippen molar-refractivity contribution in [2.24, 2.45) is 11.8 Å². The Morgan fingerprint density at radius 2 is 1.76 bits per heavy atom. The van der Waals surface area contributed by atoms with E-state index in [1.807, 2.05) is 13.8 Å².